The quantitative estimate of drug-likeness (QED) is 0.604. The van der Waals surface area contributed by atoms with Crippen LogP contribution >= 0.6 is 11.6 Å². The molecule has 0 saturated heterocycles. The predicted molar refractivity (Wildman–Crippen MR) is 110 cm³/mol. The summed E-state index contributed by atoms with van der Waals surface area (Å²) in [5.74, 6) is -0.254. The van der Waals surface area contributed by atoms with E-state index in [1.807, 2.05) is 39.0 Å². The van der Waals surface area contributed by atoms with E-state index in [1.54, 1.807) is 23.0 Å². The summed E-state index contributed by atoms with van der Waals surface area (Å²) in [5, 5.41) is 11.6. The molecule has 1 amide bonds. The lowest BCUT2D eigenvalue weighted by molar-refractivity contribution is -0.120. The largest absolute Gasteiger partial charge is 0.341 e. The summed E-state index contributed by atoms with van der Waals surface area (Å²) in [4.78, 5) is 25.0. The Morgan fingerprint density at radius 3 is 2.50 bits per heavy atom. The fourth-order valence-corrected chi connectivity index (χ4v) is 3.17. The molecule has 1 aromatic heterocycles. The molecule has 0 aliphatic heterocycles. The average Bonchev–Trinajstić information content (AvgIpc) is 3.19. The van der Waals surface area contributed by atoms with Gasteiger partial charge >= 0.3 is 0 Å². The third-order valence-electron chi connectivity index (χ3n) is 5.26. The number of unbranched alkanes of at least 4 members (excludes halogenated alkanes) is 1. The fraction of sp³-hybridized carbons (Fsp3) is 0.524. The third kappa shape index (κ3) is 4.98. The number of Topliss-reactive ketones (excluding diaryl/α,β-unsaturated/α-hetero) is 1. The van der Waals surface area contributed by atoms with Crippen LogP contribution in [0.3, 0.4) is 0 Å². The predicted octanol–water partition coefficient (Wildman–Crippen LogP) is 4.12. The first-order chi connectivity index (χ1) is 13.3. The Labute approximate surface area is 171 Å². The van der Waals surface area contributed by atoms with Crippen LogP contribution in [0.1, 0.15) is 69.1 Å². The number of benzene rings is 1. The molecular weight excluding hydrogens is 376 g/mol. The SMILES string of the molecule is CCCC[C@H](C(=O)CCl)n1cc([C@@](C)(NC(=O)c2ccccc2)C(C)C)nn1. The second-order valence-corrected chi connectivity index (χ2v) is 7.79. The van der Waals surface area contributed by atoms with Gasteiger partial charge in [0.15, 0.2) is 5.78 Å². The number of carbonyl (C=O) groups is 2. The van der Waals surface area contributed by atoms with E-state index in [4.69, 9.17) is 11.6 Å². The summed E-state index contributed by atoms with van der Waals surface area (Å²) >= 11 is 5.79. The Morgan fingerprint density at radius 1 is 1.25 bits per heavy atom. The molecule has 2 rings (SSSR count). The monoisotopic (exact) mass is 404 g/mol. The lowest BCUT2D eigenvalue weighted by atomic mass is 9.85. The number of nitrogens with one attached hydrogen (secondary N) is 1. The van der Waals surface area contributed by atoms with Gasteiger partial charge in [-0.25, -0.2) is 4.68 Å². The van der Waals surface area contributed by atoms with Crippen LogP contribution in [-0.4, -0.2) is 32.6 Å². The lowest BCUT2D eigenvalue weighted by Crippen LogP contribution is -2.47. The number of rotatable bonds is 10. The Morgan fingerprint density at radius 2 is 1.93 bits per heavy atom. The average molecular weight is 405 g/mol. The lowest BCUT2D eigenvalue weighted by Gasteiger charge is -2.33. The molecule has 0 bridgehead atoms. The number of nitrogens with zero attached hydrogens (tertiary/aromatic N) is 3. The first-order valence-electron chi connectivity index (χ1n) is 9.72. The highest BCUT2D eigenvalue weighted by Gasteiger charge is 2.36. The number of carbonyl (C=O) groups excluding carboxylic acids is 2. The Bertz CT molecular complexity index is 791. The molecule has 0 unspecified atom stereocenters. The molecule has 7 heteroatoms. The summed E-state index contributed by atoms with van der Waals surface area (Å²) in [6.07, 6.45) is 4.30. The summed E-state index contributed by atoms with van der Waals surface area (Å²) in [7, 11) is 0. The van der Waals surface area contributed by atoms with Gasteiger partial charge in [-0.15, -0.1) is 16.7 Å². The fourth-order valence-electron chi connectivity index (χ4n) is 3.00. The van der Waals surface area contributed by atoms with Crippen molar-refractivity contribution < 1.29 is 9.59 Å². The molecule has 0 spiro atoms. The highest BCUT2D eigenvalue weighted by molar-refractivity contribution is 6.28. The van der Waals surface area contributed by atoms with Crippen LogP contribution in [0.15, 0.2) is 36.5 Å². The maximum absolute atomic E-state index is 12.7. The van der Waals surface area contributed by atoms with Gasteiger partial charge in [0.25, 0.3) is 5.91 Å². The molecule has 0 radical (unpaired) electrons. The first-order valence-corrected chi connectivity index (χ1v) is 10.3. The highest BCUT2D eigenvalue weighted by Crippen LogP contribution is 2.29. The van der Waals surface area contributed by atoms with Crippen molar-refractivity contribution in [2.75, 3.05) is 5.88 Å². The van der Waals surface area contributed by atoms with Crippen molar-refractivity contribution in [3.05, 3.63) is 47.8 Å². The summed E-state index contributed by atoms with van der Waals surface area (Å²) in [6.45, 7) is 8.03. The Hall–Kier alpha value is -2.21. The van der Waals surface area contributed by atoms with Gasteiger partial charge in [0.2, 0.25) is 0 Å². The molecule has 0 aliphatic carbocycles. The van der Waals surface area contributed by atoms with E-state index < -0.39 is 11.6 Å². The van der Waals surface area contributed by atoms with Crippen LogP contribution in [0.2, 0.25) is 0 Å². The van der Waals surface area contributed by atoms with Gasteiger partial charge in [-0.05, 0) is 31.4 Å². The summed E-state index contributed by atoms with van der Waals surface area (Å²) in [6, 6.07) is 8.63. The van der Waals surface area contributed by atoms with Gasteiger partial charge in [0.1, 0.15) is 11.7 Å². The van der Waals surface area contributed by atoms with Gasteiger partial charge in [0.05, 0.1) is 17.6 Å². The normalized spacial score (nSPS) is 14.5. The van der Waals surface area contributed by atoms with Crippen molar-refractivity contribution in [3.8, 4) is 0 Å². The topological polar surface area (TPSA) is 76.9 Å². The van der Waals surface area contributed by atoms with E-state index in [0.29, 0.717) is 17.7 Å². The van der Waals surface area contributed by atoms with Crippen LogP contribution in [0, 0.1) is 5.92 Å². The molecule has 0 saturated carbocycles. The van der Waals surface area contributed by atoms with Crippen molar-refractivity contribution in [3.63, 3.8) is 0 Å². The maximum atomic E-state index is 12.7. The van der Waals surface area contributed by atoms with Gasteiger partial charge in [-0.2, -0.15) is 0 Å². The molecule has 2 aromatic rings. The van der Waals surface area contributed by atoms with Crippen LogP contribution in [0.25, 0.3) is 0 Å². The van der Waals surface area contributed by atoms with Gasteiger partial charge in [-0.1, -0.05) is 57.0 Å². The molecule has 6 nitrogen and oxygen atoms in total. The molecular formula is C21H29ClN4O2. The molecule has 1 aromatic carbocycles. The van der Waals surface area contributed by atoms with E-state index in [1.165, 1.54) is 0 Å². The van der Waals surface area contributed by atoms with Crippen molar-refractivity contribution >= 4 is 23.3 Å². The molecule has 0 fully saturated rings. The van der Waals surface area contributed by atoms with Gasteiger partial charge in [-0.3, -0.25) is 9.59 Å². The number of halogens is 1. The number of hydrogen-bond donors (Lipinski definition) is 1. The maximum Gasteiger partial charge on any atom is 0.252 e. The zero-order chi connectivity index (χ0) is 20.7. The summed E-state index contributed by atoms with van der Waals surface area (Å²) in [5.41, 5.74) is 0.473. The smallest absolute Gasteiger partial charge is 0.252 e. The molecule has 1 N–H and O–H groups in total. The van der Waals surface area contributed by atoms with E-state index in [-0.39, 0.29) is 23.5 Å². The van der Waals surface area contributed by atoms with Crippen LogP contribution < -0.4 is 5.32 Å². The van der Waals surface area contributed by atoms with E-state index in [0.717, 1.165) is 12.8 Å². The van der Waals surface area contributed by atoms with Gasteiger partial charge < -0.3 is 5.32 Å². The van der Waals surface area contributed by atoms with Crippen molar-refractivity contribution in [2.45, 2.75) is 58.5 Å². The number of amides is 1. The second-order valence-electron chi connectivity index (χ2n) is 7.52. The minimum absolute atomic E-state index is 0.0585. The highest BCUT2D eigenvalue weighted by atomic mass is 35.5. The zero-order valence-electron chi connectivity index (χ0n) is 17.0. The van der Waals surface area contributed by atoms with E-state index >= 15 is 0 Å². The molecule has 28 heavy (non-hydrogen) atoms. The number of aromatic nitrogens is 3. The third-order valence-corrected chi connectivity index (χ3v) is 5.52. The van der Waals surface area contributed by atoms with Crippen LogP contribution in [-0.2, 0) is 10.3 Å². The Kier molecular flexibility index (Phi) is 7.75. The minimum Gasteiger partial charge on any atom is -0.341 e. The molecule has 2 atom stereocenters. The van der Waals surface area contributed by atoms with Crippen LogP contribution in [0.4, 0.5) is 0 Å². The van der Waals surface area contributed by atoms with E-state index in [9.17, 15) is 9.59 Å². The van der Waals surface area contributed by atoms with Crippen molar-refractivity contribution in [1.29, 1.82) is 0 Å². The standard InChI is InChI=1S/C21H29ClN4O2/c1-5-6-12-17(18(27)13-22)26-14-19(24-25-26)21(4,15(2)3)23-20(28)16-10-8-7-9-11-16/h7-11,14-15,17H,5-6,12-13H2,1-4H3,(H,23,28)/t17-,21+/m1/s1. The second kappa shape index (κ2) is 9.82. The van der Waals surface area contributed by atoms with Gasteiger partial charge in [0, 0.05) is 5.56 Å². The zero-order valence-corrected chi connectivity index (χ0v) is 17.7. The number of hydrogen-bond acceptors (Lipinski definition) is 4. The number of ketones is 1. The Balaban J connectivity index is 2.31. The van der Waals surface area contributed by atoms with Crippen molar-refractivity contribution in [2.24, 2.45) is 5.92 Å². The first kappa shape index (κ1) is 22.1. The van der Waals surface area contributed by atoms with Crippen molar-refractivity contribution in [1.82, 2.24) is 20.3 Å². The van der Waals surface area contributed by atoms with Crippen LogP contribution in [0.5, 0.6) is 0 Å². The minimum atomic E-state index is -0.732. The molecule has 1 heterocycles. The summed E-state index contributed by atoms with van der Waals surface area (Å²) < 4.78 is 1.59. The number of alkyl halides is 1. The molecule has 152 valence electrons. The van der Waals surface area contributed by atoms with E-state index in [2.05, 4.69) is 22.6 Å². The molecule has 0 aliphatic rings.